The van der Waals surface area contributed by atoms with Gasteiger partial charge in [0, 0.05) is 33.7 Å². The molecular weight excluding hydrogens is 591 g/mol. The minimum absolute atomic E-state index is 0.0438. The van der Waals surface area contributed by atoms with Crippen LogP contribution in [0, 0.1) is 6.92 Å². The van der Waals surface area contributed by atoms with Crippen molar-refractivity contribution in [2.75, 3.05) is 9.71 Å². The number of hydrogen-bond donors (Lipinski definition) is 0. The summed E-state index contributed by atoms with van der Waals surface area (Å²) in [5.74, 6) is 0. The second kappa shape index (κ2) is 9.48. The summed E-state index contributed by atoms with van der Waals surface area (Å²) in [5, 5.41) is 2.59. The fourth-order valence-corrected chi connectivity index (χ4v) is 9.90. The van der Waals surface area contributed by atoms with Gasteiger partial charge in [0.25, 0.3) is 0 Å². The van der Waals surface area contributed by atoms with E-state index in [-0.39, 0.29) is 23.1 Å². The molecule has 3 aliphatic heterocycles. The molecular formula is C46H43BN2. The van der Waals surface area contributed by atoms with Crippen LogP contribution >= 0.6 is 0 Å². The van der Waals surface area contributed by atoms with E-state index >= 15 is 0 Å². The van der Waals surface area contributed by atoms with Crippen LogP contribution in [0.1, 0.15) is 82.2 Å². The molecule has 0 radical (unpaired) electrons. The number of fused-ring (bicyclic) bond motifs is 8. The molecule has 6 aromatic rings. The zero-order valence-corrected chi connectivity index (χ0v) is 29.8. The second-order valence-corrected chi connectivity index (χ2v) is 17.0. The maximum Gasteiger partial charge on any atom is 0.333 e. The Morgan fingerprint density at radius 2 is 1.22 bits per heavy atom. The summed E-state index contributed by atoms with van der Waals surface area (Å²) in [7, 11) is 0. The molecule has 0 bridgehead atoms. The molecule has 240 valence electrons. The van der Waals surface area contributed by atoms with Crippen molar-refractivity contribution in [3.05, 3.63) is 137 Å². The van der Waals surface area contributed by atoms with Crippen molar-refractivity contribution < 1.29 is 0 Å². The Balaban J connectivity index is 1.36. The molecule has 0 fully saturated rings. The highest BCUT2D eigenvalue weighted by Gasteiger charge is 2.50. The van der Waals surface area contributed by atoms with Gasteiger partial charge in [0.2, 0.25) is 0 Å². The van der Waals surface area contributed by atoms with Gasteiger partial charge in [-0.1, -0.05) is 108 Å². The molecule has 6 aromatic carbocycles. The van der Waals surface area contributed by atoms with Crippen molar-refractivity contribution in [3.8, 4) is 11.1 Å². The van der Waals surface area contributed by atoms with Gasteiger partial charge in [0.05, 0.1) is 5.69 Å². The Bertz CT molecular complexity index is 2400. The largest absolute Gasteiger partial charge is 0.376 e. The SMILES string of the molecule is Cc1cc2c3c(c1)N1c4cc5ccccc5cc4C(C)(C)c4cccc(c41)B3N(c1ccccc1)c1cc3c(cc1-2)C(C)(C)CCC3(C)C. The summed E-state index contributed by atoms with van der Waals surface area (Å²) >= 11 is 0. The van der Waals surface area contributed by atoms with Crippen molar-refractivity contribution in [2.45, 2.75) is 77.6 Å². The Hall–Kier alpha value is -4.76. The van der Waals surface area contributed by atoms with E-state index in [1.165, 1.54) is 102 Å². The molecule has 0 N–H and O–H groups in total. The first-order chi connectivity index (χ1) is 23.5. The number of rotatable bonds is 1. The predicted octanol–water partition coefficient (Wildman–Crippen LogP) is 10.8. The normalized spacial score (nSPS) is 18.3. The van der Waals surface area contributed by atoms with Gasteiger partial charge < -0.3 is 9.71 Å². The average Bonchev–Trinajstić information content (AvgIpc) is 3.09. The number of anilines is 5. The van der Waals surface area contributed by atoms with Crippen LogP contribution in [-0.4, -0.2) is 6.85 Å². The van der Waals surface area contributed by atoms with Crippen molar-refractivity contribution >= 4 is 57.0 Å². The third kappa shape index (κ3) is 3.79. The summed E-state index contributed by atoms with van der Waals surface area (Å²) in [5.41, 5.74) is 19.3. The van der Waals surface area contributed by atoms with E-state index in [4.69, 9.17) is 0 Å². The van der Waals surface area contributed by atoms with E-state index in [0.29, 0.717) is 0 Å². The molecule has 0 unspecified atom stereocenters. The molecule has 0 saturated heterocycles. The molecule has 2 nitrogen and oxygen atoms in total. The lowest BCUT2D eigenvalue weighted by Gasteiger charge is -2.51. The van der Waals surface area contributed by atoms with Crippen molar-refractivity contribution in [3.63, 3.8) is 0 Å². The van der Waals surface area contributed by atoms with Crippen LogP contribution < -0.4 is 20.6 Å². The van der Waals surface area contributed by atoms with E-state index in [0.717, 1.165) is 0 Å². The second-order valence-electron chi connectivity index (χ2n) is 17.0. The van der Waals surface area contributed by atoms with E-state index in [1.54, 1.807) is 0 Å². The minimum atomic E-state index is -0.163. The van der Waals surface area contributed by atoms with E-state index in [1.807, 2.05) is 0 Å². The van der Waals surface area contributed by atoms with Gasteiger partial charge in [-0.2, -0.15) is 0 Å². The van der Waals surface area contributed by atoms with E-state index in [9.17, 15) is 0 Å². The molecule has 0 spiro atoms. The van der Waals surface area contributed by atoms with Crippen LogP contribution in [0.15, 0.2) is 109 Å². The smallest absolute Gasteiger partial charge is 0.333 e. The molecule has 0 saturated carbocycles. The third-order valence-electron chi connectivity index (χ3n) is 12.7. The van der Waals surface area contributed by atoms with Crippen molar-refractivity contribution in [1.29, 1.82) is 0 Å². The number of nitrogens with zero attached hydrogens (tertiary/aromatic N) is 2. The minimum Gasteiger partial charge on any atom is -0.376 e. The zero-order valence-electron chi connectivity index (χ0n) is 29.8. The van der Waals surface area contributed by atoms with Gasteiger partial charge in [-0.25, -0.2) is 0 Å². The monoisotopic (exact) mass is 634 g/mol. The quantitative estimate of drug-likeness (QED) is 0.166. The maximum absolute atomic E-state index is 2.68. The Labute approximate surface area is 291 Å². The van der Waals surface area contributed by atoms with Crippen LogP contribution in [0.5, 0.6) is 0 Å². The van der Waals surface area contributed by atoms with Crippen LogP contribution in [-0.2, 0) is 16.2 Å². The highest BCUT2D eigenvalue weighted by Crippen LogP contribution is 2.57. The first-order valence-corrected chi connectivity index (χ1v) is 18.1. The lowest BCUT2D eigenvalue weighted by molar-refractivity contribution is 0.332. The Morgan fingerprint density at radius 3 is 1.96 bits per heavy atom. The molecule has 0 amide bonds. The summed E-state index contributed by atoms with van der Waals surface area (Å²) in [6.45, 7) is 17.0. The van der Waals surface area contributed by atoms with Crippen LogP contribution in [0.3, 0.4) is 0 Å². The summed E-state index contributed by atoms with van der Waals surface area (Å²) in [6.07, 6.45) is 2.40. The van der Waals surface area contributed by atoms with Gasteiger partial charge in [0.15, 0.2) is 0 Å². The van der Waals surface area contributed by atoms with Gasteiger partial charge in [-0.3, -0.25) is 0 Å². The van der Waals surface area contributed by atoms with E-state index in [2.05, 4.69) is 167 Å². The first-order valence-electron chi connectivity index (χ1n) is 18.1. The third-order valence-corrected chi connectivity index (χ3v) is 12.7. The zero-order chi connectivity index (χ0) is 33.6. The van der Waals surface area contributed by atoms with Gasteiger partial charge in [-0.15, -0.1) is 0 Å². The molecule has 49 heavy (non-hydrogen) atoms. The topological polar surface area (TPSA) is 6.48 Å². The average molecular weight is 635 g/mol. The fourth-order valence-electron chi connectivity index (χ4n) is 9.90. The molecule has 4 aliphatic rings. The van der Waals surface area contributed by atoms with Crippen LogP contribution in [0.4, 0.5) is 28.4 Å². The summed E-state index contributed by atoms with van der Waals surface area (Å²) in [6, 6.07) is 42.2. The summed E-state index contributed by atoms with van der Waals surface area (Å²) in [4.78, 5) is 5.32. The standard InChI is InChI=1S/C46H43BN2/c1-28-22-33-32-26-35-36(45(4,5)21-20-44(35,2)3)27-39(32)49(31-16-9-8-10-17-31)47-38-19-13-18-34-43(38)48(41(23-28)42(33)47)40-25-30-15-12-11-14-29(30)24-37(40)46(34,6)7/h8-19,22-27H,20-21H2,1-7H3. The molecule has 3 heterocycles. The maximum atomic E-state index is 2.68. The Morgan fingerprint density at radius 1 is 0.551 bits per heavy atom. The molecule has 10 rings (SSSR count). The number of aryl methyl sites for hydroxylation is 1. The molecule has 0 atom stereocenters. The fraction of sp³-hybridized carbons (Fsp3) is 0.261. The highest BCUT2D eigenvalue weighted by molar-refractivity contribution is 6.93. The number of benzene rings is 6. The molecule has 0 aromatic heterocycles. The number of para-hydroxylation sites is 2. The van der Waals surface area contributed by atoms with Crippen molar-refractivity contribution in [1.82, 2.24) is 0 Å². The van der Waals surface area contributed by atoms with Gasteiger partial charge in [-0.05, 0) is 128 Å². The predicted molar refractivity (Wildman–Crippen MR) is 210 cm³/mol. The van der Waals surface area contributed by atoms with Crippen LogP contribution in [0.2, 0.25) is 0 Å². The Kier molecular flexibility index (Phi) is 5.64. The van der Waals surface area contributed by atoms with Gasteiger partial charge >= 0.3 is 6.85 Å². The number of hydrogen-bond acceptors (Lipinski definition) is 2. The summed E-state index contributed by atoms with van der Waals surface area (Å²) < 4.78 is 0. The first kappa shape index (κ1) is 29.2. The van der Waals surface area contributed by atoms with Crippen molar-refractivity contribution in [2.24, 2.45) is 0 Å². The van der Waals surface area contributed by atoms with Crippen LogP contribution in [0.25, 0.3) is 21.9 Å². The molecule has 1 aliphatic carbocycles. The lowest BCUT2D eigenvalue weighted by atomic mass is 9.42. The van der Waals surface area contributed by atoms with Gasteiger partial charge in [0.1, 0.15) is 0 Å². The van der Waals surface area contributed by atoms with E-state index < -0.39 is 0 Å². The molecule has 3 heteroatoms. The highest BCUT2D eigenvalue weighted by atomic mass is 15.2. The lowest BCUT2D eigenvalue weighted by Crippen LogP contribution is -2.62.